The zero-order valence-corrected chi connectivity index (χ0v) is 7.40. The molecule has 58 valence electrons. The quantitative estimate of drug-likeness (QED) is 0.464. The highest BCUT2D eigenvalue weighted by Gasteiger charge is 2.32. The van der Waals surface area contributed by atoms with E-state index in [9.17, 15) is 13.2 Å². The monoisotopic (exact) mass is 262 g/mol. The van der Waals surface area contributed by atoms with Gasteiger partial charge in [0.25, 0.3) is 0 Å². The van der Waals surface area contributed by atoms with Crippen LogP contribution in [0.4, 0.5) is 13.2 Å². The molecule has 0 nitrogen and oxygen atoms in total. The Morgan fingerprint density at radius 3 is 2.20 bits per heavy atom. The Morgan fingerprint density at radius 1 is 1.40 bits per heavy atom. The summed E-state index contributed by atoms with van der Waals surface area (Å²) in [5, 5.41) is 0. The van der Waals surface area contributed by atoms with Crippen LogP contribution in [0, 0.1) is 0 Å². The Labute approximate surface area is 63.1 Å². The lowest BCUT2D eigenvalue weighted by Gasteiger charge is -2.02. The first-order chi connectivity index (χ1) is 4.50. The van der Waals surface area contributed by atoms with E-state index in [2.05, 4.69) is 0 Å². The maximum Gasteiger partial charge on any atom is 0.416 e. The normalized spacial score (nSPS) is 19.8. The lowest BCUT2D eigenvalue weighted by Crippen LogP contribution is -2.11. The highest BCUT2D eigenvalue weighted by atomic mass is 127. The largest absolute Gasteiger partial charge is 0.416 e. The summed E-state index contributed by atoms with van der Waals surface area (Å²) in [5.74, 6) is 0. The Balaban J connectivity index is 2.85. The van der Waals surface area contributed by atoms with Gasteiger partial charge in [-0.1, -0.05) is 0 Å². The van der Waals surface area contributed by atoms with Crippen LogP contribution >= 0.6 is 18.9 Å². The van der Waals surface area contributed by atoms with Gasteiger partial charge in [-0.05, 0) is 19.0 Å². The maximum atomic E-state index is 11.8. The van der Waals surface area contributed by atoms with Crippen molar-refractivity contribution < 1.29 is 13.2 Å². The molecule has 0 N–H and O–H groups in total. The van der Waals surface area contributed by atoms with Gasteiger partial charge in [-0.3, -0.25) is 0 Å². The summed E-state index contributed by atoms with van der Waals surface area (Å²) >= 11 is -1.42. The van der Waals surface area contributed by atoms with Crippen molar-refractivity contribution in [2.75, 3.05) is 4.93 Å². The summed E-state index contributed by atoms with van der Waals surface area (Å²) in [6, 6.07) is 0. The fraction of sp³-hybridized carbons (Fsp3) is 0.333. The standard InChI is InChI=1S/C6H6F3I/c1-10-3-2-5(4-10)6(7,8)9/h2-4H,1H3. The molecule has 0 spiro atoms. The topological polar surface area (TPSA) is 0 Å². The van der Waals surface area contributed by atoms with E-state index in [4.69, 9.17) is 0 Å². The van der Waals surface area contributed by atoms with Gasteiger partial charge in [-0.15, -0.1) is 0 Å². The number of hydrogen-bond acceptors (Lipinski definition) is 0. The van der Waals surface area contributed by atoms with Gasteiger partial charge in [-0.2, -0.15) is 32.0 Å². The molecule has 0 fully saturated rings. The summed E-state index contributed by atoms with van der Waals surface area (Å²) in [5.41, 5.74) is -0.458. The van der Waals surface area contributed by atoms with E-state index in [1.807, 2.05) is 4.93 Å². The van der Waals surface area contributed by atoms with Crippen LogP contribution < -0.4 is 0 Å². The molecule has 0 bridgehead atoms. The second-order valence-electron chi connectivity index (χ2n) is 1.92. The molecule has 0 unspecified atom stereocenters. The second-order valence-corrected chi connectivity index (χ2v) is 6.47. The van der Waals surface area contributed by atoms with Gasteiger partial charge >= 0.3 is 6.18 Å². The third kappa shape index (κ3) is 1.74. The van der Waals surface area contributed by atoms with Crippen molar-refractivity contribution in [2.24, 2.45) is 0 Å². The van der Waals surface area contributed by atoms with E-state index in [0.29, 0.717) is 0 Å². The van der Waals surface area contributed by atoms with E-state index in [1.54, 1.807) is 4.01 Å². The summed E-state index contributed by atoms with van der Waals surface area (Å²) in [4.78, 5) is 1.87. The van der Waals surface area contributed by atoms with Crippen molar-refractivity contribution in [3.63, 3.8) is 0 Å². The van der Waals surface area contributed by atoms with E-state index in [-0.39, 0.29) is 0 Å². The third-order valence-electron chi connectivity index (χ3n) is 1.06. The van der Waals surface area contributed by atoms with Crippen molar-refractivity contribution in [2.45, 2.75) is 6.18 Å². The lowest BCUT2D eigenvalue weighted by molar-refractivity contribution is -0.0852. The van der Waals surface area contributed by atoms with Crippen LogP contribution in [0.5, 0.6) is 0 Å². The zero-order chi connectivity index (χ0) is 7.78. The van der Waals surface area contributed by atoms with E-state index >= 15 is 0 Å². The SMILES string of the molecule is CI1=CC=C(C(F)(F)F)C=1. The molecule has 0 amide bonds. The van der Waals surface area contributed by atoms with E-state index < -0.39 is 30.6 Å². The maximum absolute atomic E-state index is 11.8. The fourth-order valence-electron chi connectivity index (χ4n) is 0.582. The van der Waals surface area contributed by atoms with Crippen molar-refractivity contribution >= 4 is 26.9 Å². The summed E-state index contributed by atoms with van der Waals surface area (Å²) in [6.07, 6.45) is -2.94. The minimum absolute atomic E-state index is 0.458. The average Bonchev–Trinajstić information content (AvgIpc) is 2.11. The molecule has 0 aromatic rings. The van der Waals surface area contributed by atoms with Crippen molar-refractivity contribution in [3.8, 4) is 0 Å². The van der Waals surface area contributed by atoms with Gasteiger partial charge in [0, 0.05) is 0 Å². The minimum Gasteiger partial charge on any atom is -0.166 e. The molecule has 1 heterocycles. The van der Waals surface area contributed by atoms with E-state index in [1.165, 1.54) is 10.1 Å². The fourth-order valence-corrected chi connectivity index (χ4v) is 3.36. The molecule has 10 heavy (non-hydrogen) atoms. The minimum atomic E-state index is -4.13. The molecule has 0 saturated heterocycles. The molecule has 0 saturated carbocycles. The van der Waals surface area contributed by atoms with Crippen LogP contribution in [0.2, 0.25) is 0 Å². The summed E-state index contributed by atoms with van der Waals surface area (Å²) < 4.78 is 38.6. The summed E-state index contributed by atoms with van der Waals surface area (Å²) in [7, 11) is 0. The highest BCUT2D eigenvalue weighted by Crippen LogP contribution is 2.28. The first-order valence-electron chi connectivity index (χ1n) is 2.54. The molecule has 4 heteroatoms. The molecule has 0 atom stereocenters. The first kappa shape index (κ1) is 8.10. The molecule has 0 aromatic heterocycles. The van der Waals surface area contributed by atoms with Crippen molar-refractivity contribution in [3.05, 3.63) is 11.6 Å². The van der Waals surface area contributed by atoms with Gasteiger partial charge in [-0.25, -0.2) is 0 Å². The van der Waals surface area contributed by atoms with Gasteiger partial charge in [0.1, 0.15) is 0 Å². The molecule has 1 aliphatic rings. The van der Waals surface area contributed by atoms with Crippen molar-refractivity contribution in [1.82, 2.24) is 0 Å². The molecule has 1 aliphatic heterocycles. The Kier molecular flexibility index (Phi) is 2.07. The van der Waals surface area contributed by atoms with Gasteiger partial charge < -0.3 is 0 Å². The van der Waals surface area contributed by atoms with Crippen LogP contribution in [0.25, 0.3) is 0 Å². The molecular formula is C6H6F3I. The second kappa shape index (κ2) is 2.56. The predicted molar refractivity (Wildman–Crippen MR) is 46.2 cm³/mol. The van der Waals surface area contributed by atoms with Crippen molar-refractivity contribution in [1.29, 1.82) is 0 Å². The molecule has 0 aliphatic carbocycles. The number of allylic oxidation sites excluding steroid dienone is 2. The predicted octanol–water partition coefficient (Wildman–Crippen LogP) is 2.23. The molecule has 0 aromatic carbocycles. The van der Waals surface area contributed by atoms with Crippen LogP contribution in [-0.4, -0.2) is 19.1 Å². The Hall–Kier alpha value is -0.0000000000000000555. The Morgan fingerprint density at radius 2 is 2.00 bits per heavy atom. The number of alkyl halides is 4. The highest BCUT2D eigenvalue weighted by molar-refractivity contribution is 14.2. The number of hydrogen-bond donors (Lipinski definition) is 0. The average molecular weight is 262 g/mol. The van der Waals surface area contributed by atoms with Gasteiger partial charge in [0.15, 0.2) is 0 Å². The first-order valence-corrected chi connectivity index (χ1v) is 7.19. The molecule has 1 rings (SSSR count). The zero-order valence-electron chi connectivity index (χ0n) is 5.24. The van der Waals surface area contributed by atoms with Crippen LogP contribution in [0.1, 0.15) is 0 Å². The lowest BCUT2D eigenvalue weighted by atomic mass is 10.3. The van der Waals surface area contributed by atoms with Gasteiger partial charge in [0.2, 0.25) is 0 Å². The van der Waals surface area contributed by atoms with Crippen LogP contribution in [0.15, 0.2) is 11.6 Å². The van der Waals surface area contributed by atoms with E-state index in [0.717, 1.165) is 0 Å². The molecule has 0 radical (unpaired) electrons. The number of rotatable bonds is 0. The van der Waals surface area contributed by atoms with Gasteiger partial charge in [0.05, 0.1) is 5.57 Å². The smallest absolute Gasteiger partial charge is 0.166 e. The molecular weight excluding hydrogens is 256 g/mol. The number of halogens is 4. The van der Waals surface area contributed by atoms with Crippen LogP contribution in [0.3, 0.4) is 0 Å². The Bertz CT molecular complexity index is 251. The van der Waals surface area contributed by atoms with Crippen LogP contribution in [-0.2, 0) is 0 Å². The third-order valence-corrected chi connectivity index (χ3v) is 4.21. The summed E-state index contributed by atoms with van der Waals surface area (Å²) in [6.45, 7) is 0.